The van der Waals surface area contributed by atoms with Gasteiger partial charge in [0.15, 0.2) is 10.9 Å². The van der Waals surface area contributed by atoms with Gasteiger partial charge in [0.25, 0.3) is 0 Å². The van der Waals surface area contributed by atoms with Crippen LogP contribution < -0.4 is 15.4 Å². The zero-order valence-electron chi connectivity index (χ0n) is 13.2. The van der Waals surface area contributed by atoms with Gasteiger partial charge in [0.05, 0.1) is 5.69 Å². The molecule has 3 rings (SSSR count). The summed E-state index contributed by atoms with van der Waals surface area (Å²) in [6, 6.07) is 23.0. The van der Waals surface area contributed by atoms with Gasteiger partial charge in [0, 0.05) is 5.69 Å². The molecular formula is C19H17N3OS. The second kappa shape index (κ2) is 7.57. The lowest BCUT2D eigenvalue weighted by atomic mass is 10.3. The van der Waals surface area contributed by atoms with Gasteiger partial charge in [-0.25, -0.2) is 4.98 Å². The quantitative estimate of drug-likeness (QED) is 0.658. The van der Waals surface area contributed by atoms with Crippen LogP contribution in [0.5, 0.6) is 11.5 Å². The predicted octanol–water partition coefficient (Wildman–Crippen LogP) is 4.99. The van der Waals surface area contributed by atoms with Crippen molar-refractivity contribution in [1.29, 1.82) is 0 Å². The second-order valence-corrected chi connectivity index (χ2v) is 5.56. The van der Waals surface area contributed by atoms with Crippen molar-refractivity contribution < 1.29 is 4.74 Å². The number of benzene rings is 2. The molecule has 0 bridgehead atoms. The Morgan fingerprint density at radius 1 is 0.875 bits per heavy atom. The number of aromatic nitrogens is 1. The topological polar surface area (TPSA) is 46.2 Å². The van der Waals surface area contributed by atoms with E-state index in [1.54, 1.807) is 0 Å². The molecule has 0 aliphatic carbocycles. The van der Waals surface area contributed by atoms with Crippen LogP contribution in [0.25, 0.3) is 0 Å². The zero-order valence-corrected chi connectivity index (χ0v) is 14.0. The number of hydrogen-bond acceptors (Lipinski definition) is 3. The van der Waals surface area contributed by atoms with Crippen molar-refractivity contribution >= 4 is 28.8 Å². The molecule has 0 atom stereocenters. The minimum atomic E-state index is 0.456. The van der Waals surface area contributed by atoms with Crippen molar-refractivity contribution in [3.05, 3.63) is 78.5 Å². The first-order valence-electron chi connectivity index (χ1n) is 7.54. The molecule has 2 N–H and O–H groups in total. The first-order chi connectivity index (χ1) is 11.7. The second-order valence-electron chi connectivity index (χ2n) is 5.15. The molecule has 0 saturated heterocycles. The average molecular weight is 335 g/mol. The number of thiocarbonyl (C=S) groups is 1. The third-order valence-electron chi connectivity index (χ3n) is 3.24. The highest BCUT2D eigenvalue weighted by Gasteiger charge is 2.07. The molecule has 3 aromatic rings. The lowest BCUT2D eigenvalue weighted by Gasteiger charge is -2.14. The molecule has 5 heteroatoms. The average Bonchev–Trinajstić information content (AvgIpc) is 2.57. The van der Waals surface area contributed by atoms with E-state index in [1.807, 2.05) is 79.7 Å². The van der Waals surface area contributed by atoms with E-state index in [4.69, 9.17) is 17.0 Å². The highest BCUT2D eigenvalue weighted by Crippen LogP contribution is 2.29. The van der Waals surface area contributed by atoms with Gasteiger partial charge in [-0.15, -0.1) is 0 Å². The fraction of sp³-hybridized carbons (Fsp3) is 0.0526. The maximum Gasteiger partial charge on any atom is 0.176 e. The summed E-state index contributed by atoms with van der Waals surface area (Å²) in [5.41, 5.74) is 1.71. The van der Waals surface area contributed by atoms with Crippen LogP contribution in [0.15, 0.2) is 72.8 Å². The van der Waals surface area contributed by atoms with Crippen LogP contribution in [0.1, 0.15) is 5.69 Å². The summed E-state index contributed by atoms with van der Waals surface area (Å²) in [5, 5.41) is 6.69. The number of ether oxygens (including phenoxy) is 1. The first kappa shape index (κ1) is 16.0. The van der Waals surface area contributed by atoms with Gasteiger partial charge < -0.3 is 15.4 Å². The van der Waals surface area contributed by atoms with Crippen LogP contribution in [0.3, 0.4) is 0 Å². The lowest BCUT2D eigenvalue weighted by Crippen LogP contribution is -2.20. The maximum atomic E-state index is 5.91. The van der Waals surface area contributed by atoms with Crippen molar-refractivity contribution in [3.8, 4) is 11.5 Å². The Kier molecular flexibility index (Phi) is 5.03. The molecule has 120 valence electrons. The van der Waals surface area contributed by atoms with E-state index >= 15 is 0 Å². The monoisotopic (exact) mass is 335 g/mol. The number of para-hydroxylation sites is 3. The number of anilines is 2. The highest BCUT2D eigenvalue weighted by molar-refractivity contribution is 7.80. The maximum absolute atomic E-state index is 5.91. The number of aryl methyl sites for hydroxylation is 1. The summed E-state index contributed by atoms with van der Waals surface area (Å²) >= 11 is 5.37. The van der Waals surface area contributed by atoms with Crippen LogP contribution in [0.4, 0.5) is 11.5 Å². The number of rotatable bonds is 4. The zero-order chi connectivity index (χ0) is 16.8. The molecule has 0 spiro atoms. The molecule has 2 aromatic carbocycles. The summed E-state index contributed by atoms with van der Waals surface area (Å²) < 4.78 is 5.91. The fourth-order valence-corrected chi connectivity index (χ4v) is 2.37. The minimum absolute atomic E-state index is 0.456. The van der Waals surface area contributed by atoms with Gasteiger partial charge in [-0.05, 0) is 55.5 Å². The van der Waals surface area contributed by atoms with E-state index in [1.165, 1.54) is 0 Å². The van der Waals surface area contributed by atoms with E-state index in [2.05, 4.69) is 15.6 Å². The van der Waals surface area contributed by atoms with Crippen LogP contribution in [-0.4, -0.2) is 10.1 Å². The van der Waals surface area contributed by atoms with E-state index < -0.39 is 0 Å². The molecule has 0 aliphatic heterocycles. The van der Waals surface area contributed by atoms with Crippen molar-refractivity contribution in [3.63, 3.8) is 0 Å². The van der Waals surface area contributed by atoms with Gasteiger partial charge in [0.1, 0.15) is 11.6 Å². The molecule has 0 saturated carbocycles. The van der Waals surface area contributed by atoms with Crippen LogP contribution in [0, 0.1) is 6.92 Å². The molecule has 4 nitrogen and oxygen atoms in total. The molecule has 24 heavy (non-hydrogen) atoms. The van der Waals surface area contributed by atoms with Gasteiger partial charge >= 0.3 is 0 Å². The van der Waals surface area contributed by atoms with Crippen LogP contribution in [-0.2, 0) is 0 Å². The Balaban J connectivity index is 1.72. The van der Waals surface area contributed by atoms with E-state index in [0.717, 1.165) is 17.1 Å². The number of nitrogens with one attached hydrogen (secondary N) is 2. The largest absolute Gasteiger partial charge is 0.455 e. The van der Waals surface area contributed by atoms with E-state index in [9.17, 15) is 0 Å². The normalized spacial score (nSPS) is 10.0. The van der Waals surface area contributed by atoms with Gasteiger partial charge in [-0.3, -0.25) is 0 Å². The van der Waals surface area contributed by atoms with Gasteiger partial charge in [-0.1, -0.05) is 36.4 Å². The third-order valence-corrected chi connectivity index (χ3v) is 3.44. The van der Waals surface area contributed by atoms with Crippen LogP contribution >= 0.6 is 12.2 Å². The van der Waals surface area contributed by atoms with Crippen molar-refractivity contribution in [2.24, 2.45) is 0 Å². The van der Waals surface area contributed by atoms with Crippen molar-refractivity contribution in [1.82, 2.24) is 4.98 Å². The molecular weight excluding hydrogens is 318 g/mol. The van der Waals surface area contributed by atoms with Crippen LogP contribution in [0.2, 0.25) is 0 Å². The lowest BCUT2D eigenvalue weighted by molar-refractivity contribution is 0.485. The molecule has 0 radical (unpaired) electrons. The fourth-order valence-electron chi connectivity index (χ4n) is 2.16. The van der Waals surface area contributed by atoms with E-state index in [0.29, 0.717) is 16.7 Å². The van der Waals surface area contributed by atoms with Gasteiger partial charge in [0.2, 0.25) is 0 Å². The Morgan fingerprint density at radius 2 is 1.62 bits per heavy atom. The Hall–Kier alpha value is -2.92. The summed E-state index contributed by atoms with van der Waals surface area (Å²) in [6.45, 7) is 1.94. The van der Waals surface area contributed by atoms with E-state index in [-0.39, 0.29) is 0 Å². The van der Waals surface area contributed by atoms with Gasteiger partial charge in [-0.2, -0.15) is 0 Å². The Morgan fingerprint density at radius 3 is 2.42 bits per heavy atom. The first-order valence-corrected chi connectivity index (χ1v) is 7.95. The summed E-state index contributed by atoms with van der Waals surface area (Å²) in [5.74, 6) is 2.17. The predicted molar refractivity (Wildman–Crippen MR) is 102 cm³/mol. The molecule has 0 aliphatic rings. The molecule has 0 unspecified atom stereocenters. The summed E-state index contributed by atoms with van der Waals surface area (Å²) in [7, 11) is 0. The number of hydrogen-bond donors (Lipinski definition) is 2. The summed E-state index contributed by atoms with van der Waals surface area (Å²) in [6.07, 6.45) is 0. The Bertz CT molecular complexity index is 837. The molecule has 1 heterocycles. The molecule has 0 fully saturated rings. The SMILES string of the molecule is Cc1cccc(NC(=S)Nc2ccccc2Oc2ccccc2)n1. The number of nitrogens with zero attached hydrogens (tertiary/aromatic N) is 1. The van der Waals surface area contributed by atoms with Crippen molar-refractivity contribution in [2.45, 2.75) is 6.92 Å². The number of pyridine rings is 1. The Labute approximate surface area is 146 Å². The van der Waals surface area contributed by atoms with Crippen molar-refractivity contribution in [2.75, 3.05) is 10.6 Å². The highest BCUT2D eigenvalue weighted by atomic mass is 32.1. The molecule has 0 amide bonds. The standard InChI is InChI=1S/C19H17N3OS/c1-14-8-7-13-18(20-14)22-19(24)21-16-11-5-6-12-17(16)23-15-9-3-2-4-10-15/h2-13H,1H3,(H2,20,21,22,24). The minimum Gasteiger partial charge on any atom is -0.455 e. The third kappa shape index (κ3) is 4.30. The smallest absolute Gasteiger partial charge is 0.176 e. The molecule has 1 aromatic heterocycles. The summed E-state index contributed by atoms with van der Waals surface area (Å²) in [4.78, 5) is 4.38.